The van der Waals surface area contributed by atoms with Crippen LogP contribution in [-0.4, -0.2) is 29.2 Å². The van der Waals surface area contributed by atoms with Gasteiger partial charge in [-0.1, -0.05) is 19.8 Å². The molecule has 6 nitrogen and oxygen atoms in total. The molecule has 1 heterocycles. The summed E-state index contributed by atoms with van der Waals surface area (Å²) in [6.45, 7) is 3.59. The Morgan fingerprint density at radius 1 is 1.15 bits per heavy atom. The Morgan fingerprint density at radius 2 is 1.79 bits per heavy atom. The van der Waals surface area contributed by atoms with Crippen LogP contribution in [0.25, 0.3) is 0 Å². The summed E-state index contributed by atoms with van der Waals surface area (Å²) in [7, 11) is 0. The lowest BCUT2D eigenvalue weighted by Gasteiger charge is -2.32. The summed E-state index contributed by atoms with van der Waals surface area (Å²) in [4.78, 5) is 28.4. The topological polar surface area (TPSA) is 84.6 Å². The predicted molar refractivity (Wildman–Crippen MR) is 120 cm³/mol. The Bertz CT molecular complexity index is 1200. The maximum absolute atomic E-state index is 13.8. The summed E-state index contributed by atoms with van der Waals surface area (Å²) in [5, 5.41) is 18.6. The van der Waals surface area contributed by atoms with E-state index in [-0.39, 0.29) is 23.3 Å². The third-order valence-corrected chi connectivity index (χ3v) is 6.89. The standard InChI is InChI=1S/C25H24F3N3O3/c1-3-17-14(2)18(23(32)33)10-11-20(17)31-22-7-5-4-6-21(22)30(24(31)34)16-9-8-15(13-29)19(12-16)25(26,27)28/h8-12,21-22H,3-7H2,1-2H3,(H,32,33)/t21-,22-/m0/s1. The molecule has 34 heavy (non-hydrogen) atoms. The fourth-order valence-electron chi connectivity index (χ4n) is 5.34. The van der Waals surface area contributed by atoms with Gasteiger partial charge in [-0.3, -0.25) is 9.80 Å². The number of hydrogen-bond donors (Lipinski definition) is 1. The molecular formula is C25H24F3N3O3. The summed E-state index contributed by atoms with van der Waals surface area (Å²) in [5.74, 6) is -1.05. The number of alkyl halides is 3. The molecule has 9 heteroatoms. The highest BCUT2D eigenvalue weighted by atomic mass is 19.4. The number of benzene rings is 2. The number of carbonyl (C=O) groups excluding carboxylic acids is 1. The third-order valence-electron chi connectivity index (χ3n) is 6.89. The molecule has 178 valence electrons. The monoisotopic (exact) mass is 471 g/mol. The van der Waals surface area contributed by atoms with Gasteiger partial charge in [-0.25, -0.2) is 9.59 Å². The number of aromatic carboxylic acids is 1. The van der Waals surface area contributed by atoms with Crippen molar-refractivity contribution < 1.29 is 27.9 Å². The van der Waals surface area contributed by atoms with E-state index in [1.165, 1.54) is 17.0 Å². The van der Waals surface area contributed by atoms with Gasteiger partial charge in [-0.2, -0.15) is 18.4 Å². The maximum atomic E-state index is 13.8. The van der Waals surface area contributed by atoms with Crippen LogP contribution < -0.4 is 9.80 Å². The Hall–Kier alpha value is -3.54. The summed E-state index contributed by atoms with van der Waals surface area (Å²) in [6, 6.07) is 7.05. The quantitative estimate of drug-likeness (QED) is 0.601. The van der Waals surface area contributed by atoms with E-state index in [9.17, 15) is 27.9 Å². The summed E-state index contributed by atoms with van der Waals surface area (Å²) < 4.78 is 40.8. The molecule has 0 aromatic heterocycles. The highest BCUT2D eigenvalue weighted by Gasteiger charge is 2.49. The number of carbonyl (C=O) groups is 2. The molecule has 2 aromatic rings. The molecule has 0 bridgehead atoms. The second kappa shape index (κ2) is 8.67. The number of amides is 2. The highest BCUT2D eigenvalue weighted by Crippen LogP contribution is 2.43. The average Bonchev–Trinajstić information content (AvgIpc) is 3.09. The van der Waals surface area contributed by atoms with Gasteiger partial charge in [0.25, 0.3) is 0 Å². The van der Waals surface area contributed by atoms with Crippen molar-refractivity contribution in [3.05, 3.63) is 58.1 Å². The molecule has 1 saturated heterocycles. The van der Waals surface area contributed by atoms with Gasteiger partial charge < -0.3 is 5.11 Å². The first-order valence-corrected chi connectivity index (χ1v) is 11.2. The van der Waals surface area contributed by atoms with Crippen LogP contribution in [0.2, 0.25) is 0 Å². The molecule has 1 N–H and O–H groups in total. The molecule has 2 amide bonds. The van der Waals surface area contributed by atoms with Crippen molar-refractivity contribution in [2.45, 2.75) is 64.2 Å². The zero-order valence-corrected chi connectivity index (χ0v) is 18.8. The minimum Gasteiger partial charge on any atom is -0.478 e. The number of hydrogen-bond acceptors (Lipinski definition) is 3. The molecule has 1 aliphatic heterocycles. The van der Waals surface area contributed by atoms with Gasteiger partial charge in [0.1, 0.15) is 0 Å². The van der Waals surface area contributed by atoms with E-state index in [0.29, 0.717) is 30.5 Å². The maximum Gasteiger partial charge on any atom is 0.417 e. The molecule has 0 spiro atoms. The van der Waals surface area contributed by atoms with E-state index < -0.39 is 29.3 Å². The zero-order chi connectivity index (χ0) is 24.8. The first kappa shape index (κ1) is 23.6. The largest absolute Gasteiger partial charge is 0.478 e. The van der Waals surface area contributed by atoms with Crippen LogP contribution in [0.1, 0.15) is 65.2 Å². The summed E-state index contributed by atoms with van der Waals surface area (Å²) in [5.41, 5.74) is 0.604. The molecule has 0 radical (unpaired) electrons. The number of rotatable bonds is 4. The summed E-state index contributed by atoms with van der Waals surface area (Å²) in [6.07, 6.45) is -1.17. The minimum atomic E-state index is -4.73. The molecule has 2 aliphatic rings. The van der Waals surface area contributed by atoms with Crippen molar-refractivity contribution in [1.29, 1.82) is 5.26 Å². The molecule has 2 fully saturated rings. The Kier molecular flexibility index (Phi) is 6.02. The predicted octanol–water partition coefficient (Wildman–Crippen LogP) is 5.90. The smallest absolute Gasteiger partial charge is 0.417 e. The van der Waals surface area contributed by atoms with E-state index in [1.54, 1.807) is 24.0 Å². The SMILES string of the molecule is CCc1c(N2C(=O)N(c3ccc(C#N)c(C(F)(F)F)c3)[C@H]3CCCC[C@@H]32)ccc(C(=O)O)c1C. The Labute approximate surface area is 195 Å². The molecule has 1 saturated carbocycles. The van der Waals surface area contributed by atoms with Crippen LogP contribution in [0, 0.1) is 18.3 Å². The van der Waals surface area contributed by atoms with E-state index in [1.807, 2.05) is 6.92 Å². The number of nitrogens with zero attached hydrogens (tertiary/aromatic N) is 3. The zero-order valence-electron chi connectivity index (χ0n) is 18.8. The van der Waals surface area contributed by atoms with Gasteiger partial charge in [0, 0.05) is 11.4 Å². The van der Waals surface area contributed by atoms with Crippen molar-refractivity contribution in [3.8, 4) is 6.07 Å². The highest BCUT2D eigenvalue weighted by molar-refractivity contribution is 6.08. The molecule has 4 rings (SSSR count). The number of halogens is 3. The second-order valence-electron chi connectivity index (χ2n) is 8.68. The average molecular weight is 471 g/mol. The van der Waals surface area contributed by atoms with Crippen LogP contribution in [-0.2, 0) is 12.6 Å². The van der Waals surface area contributed by atoms with Crippen LogP contribution in [0.4, 0.5) is 29.3 Å². The summed E-state index contributed by atoms with van der Waals surface area (Å²) >= 11 is 0. The number of fused-ring (bicyclic) bond motifs is 1. The molecule has 2 aromatic carbocycles. The van der Waals surface area contributed by atoms with Gasteiger partial charge in [0.05, 0.1) is 34.8 Å². The lowest BCUT2D eigenvalue weighted by atomic mass is 9.89. The van der Waals surface area contributed by atoms with Crippen molar-refractivity contribution >= 4 is 23.4 Å². The third kappa shape index (κ3) is 3.77. The van der Waals surface area contributed by atoms with E-state index in [4.69, 9.17) is 5.26 Å². The van der Waals surface area contributed by atoms with Crippen LogP contribution in [0.5, 0.6) is 0 Å². The number of anilines is 2. The Balaban J connectivity index is 1.84. The molecular weight excluding hydrogens is 447 g/mol. The number of carboxylic acid groups (broad SMARTS) is 1. The second-order valence-corrected chi connectivity index (χ2v) is 8.68. The number of urea groups is 1. The fourth-order valence-corrected chi connectivity index (χ4v) is 5.34. The van der Waals surface area contributed by atoms with Gasteiger partial charge >= 0.3 is 18.2 Å². The van der Waals surface area contributed by atoms with Crippen LogP contribution in [0.3, 0.4) is 0 Å². The van der Waals surface area contributed by atoms with Gasteiger partial charge in [-0.15, -0.1) is 0 Å². The molecule has 0 unspecified atom stereocenters. The first-order chi connectivity index (χ1) is 16.1. The van der Waals surface area contributed by atoms with Crippen molar-refractivity contribution in [2.24, 2.45) is 0 Å². The molecule has 2 atom stereocenters. The number of nitriles is 1. The van der Waals surface area contributed by atoms with Gasteiger partial charge in [0.15, 0.2) is 0 Å². The van der Waals surface area contributed by atoms with Crippen molar-refractivity contribution in [1.82, 2.24) is 0 Å². The minimum absolute atomic E-state index is 0.104. The van der Waals surface area contributed by atoms with E-state index in [2.05, 4.69) is 0 Å². The lowest BCUT2D eigenvalue weighted by molar-refractivity contribution is -0.137. The normalized spacial score (nSPS) is 20.3. The Morgan fingerprint density at radius 3 is 2.35 bits per heavy atom. The van der Waals surface area contributed by atoms with Crippen LogP contribution in [0.15, 0.2) is 30.3 Å². The van der Waals surface area contributed by atoms with Gasteiger partial charge in [-0.05, 0) is 67.6 Å². The van der Waals surface area contributed by atoms with Crippen LogP contribution >= 0.6 is 0 Å². The molecule has 1 aliphatic carbocycles. The lowest BCUT2D eigenvalue weighted by Crippen LogP contribution is -2.40. The first-order valence-electron chi connectivity index (χ1n) is 11.2. The fraction of sp³-hybridized carbons (Fsp3) is 0.400. The number of carboxylic acids is 1. The van der Waals surface area contributed by atoms with E-state index >= 15 is 0 Å². The van der Waals surface area contributed by atoms with E-state index in [0.717, 1.165) is 30.5 Å². The van der Waals surface area contributed by atoms with Crippen molar-refractivity contribution in [2.75, 3.05) is 9.80 Å². The van der Waals surface area contributed by atoms with Gasteiger partial charge in [0.2, 0.25) is 0 Å². The van der Waals surface area contributed by atoms with Crippen molar-refractivity contribution in [3.63, 3.8) is 0 Å².